The molecule has 6 nitrogen and oxygen atoms in total. The fourth-order valence-electron chi connectivity index (χ4n) is 4.76. The lowest BCUT2D eigenvalue weighted by Gasteiger charge is -2.37. The summed E-state index contributed by atoms with van der Waals surface area (Å²) in [6.45, 7) is 4.52. The van der Waals surface area contributed by atoms with Crippen LogP contribution in [0.5, 0.6) is 0 Å². The second kappa shape index (κ2) is 11.5. The van der Waals surface area contributed by atoms with Crippen LogP contribution in [-0.4, -0.2) is 59.7 Å². The fraction of sp³-hybridized carbons (Fsp3) is 0.423. The number of benzene rings is 2. The van der Waals surface area contributed by atoms with Crippen LogP contribution in [-0.2, 0) is 30.7 Å². The van der Waals surface area contributed by atoms with Gasteiger partial charge in [-0.15, -0.1) is 0 Å². The molecular formula is C26H31Cl3N4O2. The van der Waals surface area contributed by atoms with Gasteiger partial charge < -0.3 is 14.7 Å². The lowest BCUT2D eigenvalue weighted by molar-refractivity contribution is 0.0297. The van der Waals surface area contributed by atoms with E-state index in [-0.39, 0.29) is 12.6 Å². The Bertz CT molecular complexity index is 1160. The Hall–Kier alpha value is -1.80. The Morgan fingerprint density at radius 1 is 1.11 bits per heavy atom. The Morgan fingerprint density at radius 2 is 1.80 bits per heavy atom. The highest BCUT2D eigenvalue weighted by Crippen LogP contribution is 2.37. The number of aromatic nitrogens is 2. The molecule has 1 unspecified atom stereocenters. The molecule has 0 aliphatic carbocycles. The van der Waals surface area contributed by atoms with Crippen molar-refractivity contribution >= 4 is 40.6 Å². The fourth-order valence-corrected chi connectivity index (χ4v) is 5.74. The molecule has 1 aliphatic heterocycles. The van der Waals surface area contributed by atoms with E-state index in [9.17, 15) is 5.11 Å². The van der Waals surface area contributed by atoms with Crippen molar-refractivity contribution < 1.29 is 9.84 Å². The van der Waals surface area contributed by atoms with Crippen LogP contribution in [0.2, 0.25) is 15.1 Å². The maximum atomic E-state index is 9.21. The molecule has 0 saturated heterocycles. The van der Waals surface area contributed by atoms with E-state index in [1.807, 2.05) is 18.8 Å². The monoisotopic (exact) mass is 536 g/mol. The van der Waals surface area contributed by atoms with Crippen LogP contribution < -0.4 is 4.90 Å². The molecule has 0 saturated carbocycles. The molecule has 35 heavy (non-hydrogen) atoms. The number of anilines is 1. The predicted octanol–water partition coefficient (Wildman–Crippen LogP) is 5.40. The average Bonchev–Trinajstić information content (AvgIpc) is 3.16. The number of halogens is 3. The first-order valence-electron chi connectivity index (χ1n) is 11.8. The van der Waals surface area contributed by atoms with E-state index in [1.165, 1.54) is 11.1 Å². The summed E-state index contributed by atoms with van der Waals surface area (Å²) in [6, 6.07) is 12.1. The van der Waals surface area contributed by atoms with Crippen LogP contribution in [0.25, 0.3) is 5.69 Å². The van der Waals surface area contributed by atoms with E-state index in [2.05, 4.69) is 41.0 Å². The summed E-state index contributed by atoms with van der Waals surface area (Å²) in [6.07, 6.45) is 1.66. The van der Waals surface area contributed by atoms with Gasteiger partial charge in [-0.3, -0.25) is 4.90 Å². The summed E-state index contributed by atoms with van der Waals surface area (Å²) in [5, 5.41) is 15.5. The Morgan fingerprint density at radius 3 is 2.43 bits per heavy atom. The van der Waals surface area contributed by atoms with Crippen LogP contribution in [0.15, 0.2) is 36.4 Å². The molecule has 188 valence electrons. The molecule has 1 aliphatic rings. The zero-order chi connectivity index (χ0) is 25.1. The van der Waals surface area contributed by atoms with Gasteiger partial charge in [0.2, 0.25) is 0 Å². The first-order valence-corrected chi connectivity index (χ1v) is 12.9. The quantitative estimate of drug-likeness (QED) is 0.371. The normalized spacial score (nSPS) is 15.9. The molecule has 3 aromatic rings. The van der Waals surface area contributed by atoms with E-state index in [0.717, 1.165) is 36.5 Å². The topological polar surface area (TPSA) is 53.8 Å². The zero-order valence-corrected chi connectivity index (χ0v) is 22.5. The highest BCUT2D eigenvalue weighted by molar-refractivity contribution is 6.40. The summed E-state index contributed by atoms with van der Waals surface area (Å²) in [5.74, 6) is 0.932. The summed E-state index contributed by atoms with van der Waals surface area (Å²) >= 11 is 19.4. The van der Waals surface area contributed by atoms with Crippen LogP contribution >= 0.6 is 34.8 Å². The van der Waals surface area contributed by atoms with E-state index in [4.69, 9.17) is 44.6 Å². The van der Waals surface area contributed by atoms with Crippen molar-refractivity contribution in [1.82, 2.24) is 14.7 Å². The molecule has 0 radical (unpaired) electrons. The van der Waals surface area contributed by atoms with Gasteiger partial charge in [-0.05, 0) is 36.1 Å². The summed E-state index contributed by atoms with van der Waals surface area (Å²) in [5.41, 5.74) is 5.41. The van der Waals surface area contributed by atoms with E-state index in [0.29, 0.717) is 40.5 Å². The molecule has 0 spiro atoms. The number of hydrogen-bond donors (Lipinski definition) is 1. The minimum absolute atomic E-state index is 0.0173. The third kappa shape index (κ3) is 5.63. The van der Waals surface area contributed by atoms with Gasteiger partial charge in [0.15, 0.2) is 0 Å². The smallest absolute Gasteiger partial charge is 0.136 e. The van der Waals surface area contributed by atoms with E-state index in [1.54, 1.807) is 12.1 Å². The lowest BCUT2D eigenvalue weighted by Crippen LogP contribution is -2.43. The number of aliphatic hydroxyl groups is 1. The number of fused-ring (bicyclic) bond motifs is 1. The number of aliphatic hydroxyl groups excluding tert-OH is 1. The summed E-state index contributed by atoms with van der Waals surface area (Å²) in [7, 11) is 4.00. The molecule has 2 aromatic carbocycles. The Kier molecular flexibility index (Phi) is 8.63. The lowest BCUT2D eigenvalue weighted by atomic mass is 9.93. The van der Waals surface area contributed by atoms with Crippen molar-refractivity contribution in [3.63, 3.8) is 0 Å². The number of aryl methyl sites for hydroxylation is 1. The molecule has 1 aromatic heterocycles. The van der Waals surface area contributed by atoms with Crippen molar-refractivity contribution in [2.75, 3.05) is 38.8 Å². The number of ether oxygens (including phenoxy) is 1. The second-order valence-electron chi connectivity index (χ2n) is 8.96. The molecule has 0 bridgehead atoms. The van der Waals surface area contributed by atoms with Gasteiger partial charge in [-0.1, -0.05) is 66.0 Å². The number of rotatable bonds is 9. The van der Waals surface area contributed by atoms with Gasteiger partial charge in [0, 0.05) is 43.8 Å². The van der Waals surface area contributed by atoms with Crippen molar-refractivity contribution in [1.29, 1.82) is 0 Å². The SMILES string of the molecule is CCc1nn(-c2c(Cl)cc(Cl)cc2Cl)c(N(C)C)c1CN1Cc2ccccc2CC1COCCO. The van der Waals surface area contributed by atoms with Gasteiger partial charge in [-0.2, -0.15) is 5.10 Å². The number of hydrogen-bond acceptors (Lipinski definition) is 5. The van der Waals surface area contributed by atoms with Crippen molar-refractivity contribution in [3.8, 4) is 5.69 Å². The van der Waals surface area contributed by atoms with Gasteiger partial charge in [0.1, 0.15) is 11.5 Å². The first-order chi connectivity index (χ1) is 16.8. The van der Waals surface area contributed by atoms with E-state index < -0.39 is 0 Å². The molecule has 1 N–H and O–H groups in total. The minimum atomic E-state index is 0.0173. The van der Waals surface area contributed by atoms with Crippen LogP contribution in [0.1, 0.15) is 29.3 Å². The number of nitrogens with zero attached hydrogens (tertiary/aromatic N) is 4. The van der Waals surface area contributed by atoms with Gasteiger partial charge in [0.05, 0.1) is 35.6 Å². The molecule has 0 fully saturated rings. The van der Waals surface area contributed by atoms with Gasteiger partial charge >= 0.3 is 0 Å². The first kappa shape index (κ1) is 26.3. The van der Waals surface area contributed by atoms with Crippen LogP contribution in [0, 0.1) is 0 Å². The molecule has 9 heteroatoms. The van der Waals surface area contributed by atoms with Gasteiger partial charge in [0.25, 0.3) is 0 Å². The van der Waals surface area contributed by atoms with Crippen molar-refractivity contribution in [2.45, 2.75) is 38.9 Å². The molecular weight excluding hydrogens is 507 g/mol. The summed E-state index contributed by atoms with van der Waals surface area (Å²) < 4.78 is 7.62. The highest BCUT2D eigenvalue weighted by atomic mass is 35.5. The zero-order valence-electron chi connectivity index (χ0n) is 20.3. The summed E-state index contributed by atoms with van der Waals surface area (Å²) in [4.78, 5) is 4.50. The predicted molar refractivity (Wildman–Crippen MR) is 143 cm³/mol. The van der Waals surface area contributed by atoms with Crippen LogP contribution in [0.4, 0.5) is 5.82 Å². The molecule has 0 amide bonds. The Labute approximate surface area is 221 Å². The Balaban J connectivity index is 1.76. The maximum Gasteiger partial charge on any atom is 0.136 e. The molecule has 4 rings (SSSR count). The molecule has 1 atom stereocenters. The average molecular weight is 538 g/mol. The second-order valence-corrected chi connectivity index (χ2v) is 10.2. The largest absolute Gasteiger partial charge is 0.394 e. The van der Waals surface area contributed by atoms with Crippen molar-refractivity contribution in [3.05, 3.63) is 73.9 Å². The highest BCUT2D eigenvalue weighted by Gasteiger charge is 2.30. The standard InChI is InChI=1S/C26H31Cl3N4O2/c1-4-24-21(26(31(2)3)33(30-24)25-22(28)12-19(27)13-23(25)29)15-32-14-18-8-6-5-7-17(18)11-20(32)16-35-10-9-34/h5-8,12-13,20,34H,4,9-11,14-16H2,1-3H3. The maximum absolute atomic E-state index is 9.21. The van der Waals surface area contributed by atoms with Crippen LogP contribution in [0.3, 0.4) is 0 Å². The van der Waals surface area contributed by atoms with E-state index >= 15 is 0 Å². The third-order valence-electron chi connectivity index (χ3n) is 6.36. The minimum Gasteiger partial charge on any atom is -0.394 e. The molecule has 2 heterocycles. The van der Waals surface area contributed by atoms with Crippen molar-refractivity contribution in [2.24, 2.45) is 0 Å². The van der Waals surface area contributed by atoms with Gasteiger partial charge in [-0.25, -0.2) is 4.68 Å². The third-order valence-corrected chi connectivity index (χ3v) is 7.16.